The minimum atomic E-state index is -5.92. The second-order valence-electron chi connectivity index (χ2n) is 3.94. The summed E-state index contributed by atoms with van der Waals surface area (Å²) in [5, 5.41) is 1.61. The van der Waals surface area contributed by atoms with Gasteiger partial charge < -0.3 is 11.1 Å². The van der Waals surface area contributed by atoms with E-state index < -0.39 is 24.0 Å². The number of carbonyl (C=O) groups excluding carboxylic acids is 1. The van der Waals surface area contributed by atoms with E-state index in [9.17, 15) is 26.7 Å². The molecular weight excluding hydrogens is 271 g/mol. The third-order valence-electron chi connectivity index (χ3n) is 2.40. The molecule has 0 aromatic heterocycles. The van der Waals surface area contributed by atoms with Crippen molar-refractivity contribution in [1.29, 1.82) is 0 Å². The van der Waals surface area contributed by atoms with Crippen molar-refractivity contribution in [3.8, 4) is 0 Å². The van der Waals surface area contributed by atoms with E-state index in [-0.39, 0.29) is 0 Å². The quantitative estimate of drug-likeness (QED) is 0.661. The van der Waals surface area contributed by atoms with E-state index in [1.807, 2.05) is 0 Å². The van der Waals surface area contributed by atoms with Gasteiger partial charge in [-0.25, -0.2) is 0 Å². The lowest BCUT2D eigenvalue weighted by atomic mass is 10.1. The molecule has 0 saturated carbocycles. The lowest BCUT2D eigenvalue weighted by Crippen LogP contribution is -2.50. The standard InChI is InChI=1S/C11H11F5N2O/c1-6(7-3-2-4-8(17)5-7)18-9(19)10(12,13)11(14,15)16/h2-6H,17H2,1H3,(H,18,19). The monoisotopic (exact) mass is 282 g/mol. The molecule has 1 aromatic rings. The number of hydrogen-bond donors (Lipinski definition) is 2. The summed E-state index contributed by atoms with van der Waals surface area (Å²) in [5.41, 5.74) is 6.07. The molecule has 19 heavy (non-hydrogen) atoms. The molecule has 0 spiro atoms. The Balaban J connectivity index is 2.83. The fourth-order valence-corrected chi connectivity index (χ4v) is 1.33. The minimum Gasteiger partial charge on any atom is -0.399 e. The van der Waals surface area contributed by atoms with Gasteiger partial charge in [-0.2, -0.15) is 22.0 Å². The van der Waals surface area contributed by atoms with Gasteiger partial charge in [-0.15, -0.1) is 0 Å². The molecule has 1 aromatic carbocycles. The highest BCUT2D eigenvalue weighted by molar-refractivity contribution is 5.84. The number of amides is 1. The van der Waals surface area contributed by atoms with Gasteiger partial charge in [0.05, 0.1) is 6.04 Å². The van der Waals surface area contributed by atoms with Gasteiger partial charge in [0.15, 0.2) is 0 Å². The van der Waals surface area contributed by atoms with Gasteiger partial charge in [0.2, 0.25) is 0 Å². The number of hydrogen-bond acceptors (Lipinski definition) is 2. The van der Waals surface area contributed by atoms with Crippen molar-refractivity contribution in [3.63, 3.8) is 0 Å². The molecule has 0 aliphatic rings. The van der Waals surface area contributed by atoms with Gasteiger partial charge in [0, 0.05) is 5.69 Å². The van der Waals surface area contributed by atoms with Crippen LogP contribution >= 0.6 is 0 Å². The fourth-order valence-electron chi connectivity index (χ4n) is 1.33. The van der Waals surface area contributed by atoms with Crippen LogP contribution in [0.2, 0.25) is 0 Å². The second kappa shape index (κ2) is 5.02. The fraction of sp³-hybridized carbons (Fsp3) is 0.364. The van der Waals surface area contributed by atoms with E-state index in [0.717, 1.165) is 0 Å². The Morgan fingerprint density at radius 2 is 1.84 bits per heavy atom. The summed E-state index contributed by atoms with van der Waals surface area (Å²) in [5.74, 6) is -7.82. The molecule has 3 N–H and O–H groups in total. The van der Waals surface area contributed by atoms with Gasteiger partial charge >= 0.3 is 18.0 Å². The van der Waals surface area contributed by atoms with Crippen molar-refractivity contribution in [1.82, 2.24) is 5.32 Å². The van der Waals surface area contributed by atoms with Crippen LogP contribution in [0.25, 0.3) is 0 Å². The SMILES string of the molecule is CC(NC(=O)C(F)(F)C(F)(F)F)c1cccc(N)c1. The van der Waals surface area contributed by atoms with Crippen LogP contribution in [-0.2, 0) is 4.79 Å². The van der Waals surface area contributed by atoms with Crippen LogP contribution in [-0.4, -0.2) is 18.0 Å². The molecule has 1 unspecified atom stereocenters. The van der Waals surface area contributed by atoms with Gasteiger partial charge in [0.1, 0.15) is 0 Å². The van der Waals surface area contributed by atoms with E-state index >= 15 is 0 Å². The molecule has 8 heteroatoms. The van der Waals surface area contributed by atoms with Crippen molar-refractivity contribution < 1.29 is 26.7 Å². The number of alkyl halides is 5. The normalized spacial score (nSPS) is 14.0. The van der Waals surface area contributed by atoms with Crippen molar-refractivity contribution in [2.45, 2.75) is 25.1 Å². The average Bonchev–Trinajstić information content (AvgIpc) is 2.27. The van der Waals surface area contributed by atoms with Crippen LogP contribution in [0.15, 0.2) is 24.3 Å². The molecule has 106 valence electrons. The molecular formula is C11H11F5N2O. The Morgan fingerprint density at radius 3 is 2.32 bits per heavy atom. The Kier molecular flexibility index (Phi) is 4.02. The molecule has 1 rings (SSSR count). The molecule has 0 aliphatic carbocycles. The molecule has 0 radical (unpaired) electrons. The first-order chi connectivity index (χ1) is 8.55. The number of benzene rings is 1. The maximum atomic E-state index is 12.7. The molecule has 1 atom stereocenters. The number of nitrogens with one attached hydrogen (secondary N) is 1. The topological polar surface area (TPSA) is 55.1 Å². The van der Waals surface area contributed by atoms with Crippen LogP contribution in [0.1, 0.15) is 18.5 Å². The Bertz CT molecular complexity index is 472. The van der Waals surface area contributed by atoms with Crippen molar-refractivity contribution in [2.75, 3.05) is 5.73 Å². The van der Waals surface area contributed by atoms with E-state index in [1.165, 1.54) is 31.2 Å². The van der Waals surface area contributed by atoms with Gasteiger partial charge in [0.25, 0.3) is 0 Å². The zero-order valence-corrected chi connectivity index (χ0v) is 9.76. The highest BCUT2D eigenvalue weighted by Crippen LogP contribution is 2.36. The Hall–Kier alpha value is -1.86. The molecule has 0 saturated heterocycles. The first-order valence-electron chi connectivity index (χ1n) is 5.16. The lowest BCUT2D eigenvalue weighted by molar-refractivity contribution is -0.270. The predicted octanol–water partition coefficient (Wildman–Crippen LogP) is 2.64. The van der Waals surface area contributed by atoms with Crippen LogP contribution in [0, 0.1) is 0 Å². The van der Waals surface area contributed by atoms with E-state index in [0.29, 0.717) is 11.3 Å². The predicted molar refractivity (Wildman–Crippen MR) is 58.4 cm³/mol. The third-order valence-corrected chi connectivity index (χ3v) is 2.40. The van der Waals surface area contributed by atoms with Crippen molar-refractivity contribution in [2.24, 2.45) is 0 Å². The van der Waals surface area contributed by atoms with E-state index in [1.54, 1.807) is 5.32 Å². The molecule has 0 fully saturated rings. The van der Waals surface area contributed by atoms with Crippen molar-refractivity contribution in [3.05, 3.63) is 29.8 Å². The van der Waals surface area contributed by atoms with Crippen LogP contribution in [0.5, 0.6) is 0 Å². The number of nitrogen functional groups attached to an aromatic ring is 1. The lowest BCUT2D eigenvalue weighted by Gasteiger charge is -2.21. The van der Waals surface area contributed by atoms with Crippen molar-refractivity contribution >= 4 is 11.6 Å². The number of anilines is 1. The van der Waals surface area contributed by atoms with Gasteiger partial charge in [-0.05, 0) is 24.6 Å². The minimum absolute atomic E-state index is 0.307. The Labute approximate surface area is 105 Å². The smallest absolute Gasteiger partial charge is 0.399 e. The third kappa shape index (κ3) is 3.33. The highest BCUT2D eigenvalue weighted by atomic mass is 19.4. The number of halogens is 5. The number of carbonyl (C=O) groups is 1. The second-order valence-corrected chi connectivity index (χ2v) is 3.94. The molecule has 0 heterocycles. The molecule has 3 nitrogen and oxygen atoms in total. The van der Waals surface area contributed by atoms with Crippen LogP contribution in [0.4, 0.5) is 27.6 Å². The summed E-state index contributed by atoms with van der Waals surface area (Å²) in [7, 11) is 0. The summed E-state index contributed by atoms with van der Waals surface area (Å²) in [6.07, 6.45) is -5.92. The molecule has 1 amide bonds. The summed E-state index contributed by atoms with van der Waals surface area (Å²) < 4.78 is 61.3. The largest absolute Gasteiger partial charge is 0.463 e. The van der Waals surface area contributed by atoms with Crippen LogP contribution in [0.3, 0.4) is 0 Å². The first-order valence-corrected chi connectivity index (χ1v) is 5.16. The van der Waals surface area contributed by atoms with E-state index in [2.05, 4.69) is 0 Å². The van der Waals surface area contributed by atoms with Gasteiger partial charge in [-0.3, -0.25) is 4.79 Å². The zero-order valence-electron chi connectivity index (χ0n) is 9.76. The summed E-state index contributed by atoms with van der Waals surface area (Å²) in [4.78, 5) is 11.0. The first kappa shape index (κ1) is 15.2. The Morgan fingerprint density at radius 1 is 1.26 bits per heavy atom. The van der Waals surface area contributed by atoms with Gasteiger partial charge in [-0.1, -0.05) is 12.1 Å². The molecule has 0 aliphatic heterocycles. The van der Waals surface area contributed by atoms with E-state index in [4.69, 9.17) is 5.73 Å². The summed E-state index contributed by atoms with van der Waals surface area (Å²) in [6.45, 7) is 1.28. The zero-order chi connectivity index (χ0) is 14.8. The highest BCUT2D eigenvalue weighted by Gasteiger charge is 2.63. The number of nitrogens with two attached hydrogens (primary N) is 1. The molecule has 0 bridgehead atoms. The van der Waals surface area contributed by atoms with Crippen LogP contribution < -0.4 is 11.1 Å². The maximum Gasteiger partial charge on any atom is 0.463 e. The average molecular weight is 282 g/mol. The summed E-state index contributed by atoms with van der Waals surface area (Å²) in [6, 6.07) is 4.81. The number of rotatable bonds is 3. The summed E-state index contributed by atoms with van der Waals surface area (Å²) >= 11 is 0. The maximum absolute atomic E-state index is 12.7.